The highest BCUT2D eigenvalue weighted by molar-refractivity contribution is 6.30. The Labute approximate surface area is 127 Å². The van der Waals surface area contributed by atoms with Gasteiger partial charge in [-0.1, -0.05) is 28.9 Å². The minimum absolute atomic E-state index is 0.264. The van der Waals surface area contributed by atoms with Gasteiger partial charge >= 0.3 is 5.97 Å². The number of benzene rings is 1. The number of hydrogen-bond acceptors (Lipinski definition) is 4. The first-order valence-corrected chi connectivity index (χ1v) is 7.43. The standard InChI is InChI=1S/C15H16ClN3O2/c1-2-21-15(20)13-14(11-5-7-12(16)8-6-11)19(18-17-13)9-10-3-4-10/h5-8,10H,2-4,9H2,1H3. The van der Waals surface area contributed by atoms with E-state index in [4.69, 9.17) is 16.3 Å². The van der Waals surface area contributed by atoms with Gasteiger partial charge in [-0.15, -0.1) is 5.10 Å². The van der Waals surface area contributed by atoms with Crippen LogP contribution in [0.15, 0.2) is 24.3 Å². The van der Waals surface area contributed by atoms with E-state index in [1.54, 1.807) is 23.7 Å². The number of hydrogen-bond donors (Lipinski definition) is 0. The van der Waals surface area contributed by atoms with Crippen molar-refractivity contribution >= 4 is 17.6 Å². The van der Waals surface area contributed by atoms with E-state index in [2.05, 4.69) is 10.3 Å². The zero-order valence-corrected chi connectivity index (χ0v) is 12.5. The van der Waals surface area contributed by atoms with Crippen molar-refractivity contribution in [1.29, 1.82) is 0 Å². The summed E-state index contributed by atoms with van der Waals surface area (Å²) >= 11 is 5.93. The summed E-state index contributed by atoms with van der Waals surface area (Å²) in [6, 6.07) is 7.32. The Hall–Kier alpha value is -1.88. The fourth-order valence-corrected chi connectivity index (χ4v) is 2.34. The Morgan fingerprint density at radius 1 is 1.38 bits per heavy atom. The lowest BCUT2D eigenvalue weighted by Crippen LogP contribution is -2.09. The van der Waals surface area contributed by atoms with Crippen LogP contribution in [0.1, 0.15) is 30.3 Å². The number of ether oxygens (including phenoxy) is 1. The Balaban J connectivity index is 2.02. The lowest BCUT2D eigenvalue weighted by atomic mass is 10.1. The molecule has 6 heteroatoms. The second-order valence-electron chi connectivity index (χ2n) is 5.14. The highest BCUT2D eigenvalue weighted by Gasteiger charge is 2.27. The van der Waals surface area contributed by atoms with Crippen molar-refractivity contribution in [3.8, 4) is 11.3 Å². The Bertz CT molecular complexity index is 647. The van der Waals surface area contributed by atoms with Gasteiger partial charge in [-0.3, -0.25) is 0 Å². The number of rotatable bonds is 5. The third-order valence-corrected chi connectivity index (χ3v) is 3.70. The summed E-state index contributed by atoms with van der Waals surface area (Å²) in [5.41, 5.74) is 1.84. The zero-order valence-electron chi connectivity index (χ0n) is 11.8. The van der Waals surface area contributed by atoms with Gasteiger partial charge in [0, 0.05) is 17.1 Å². The minimum atomic E-state index is -0.440. The molecule has 0 radical (unpaired) electrons. The van der Waals surface area contributed by atoms with Crippen molar-refractivity contribution in [3.05, 3.63) is 35.0 Å². The van der Waals surface area contributed by atoms with Crippen LogP contribution in [0, 0.1) is 5.92 Å². The molecule has 3 rings (SSSR count). The Kier molecular flexibility index (Phi) is 3.92. The van der Waals surface area contributed by atoms with Gasteiger partial charge in [0.25, 0.3) is 0 Å². The van der Waals surface area contributed by atoms with Gasteiger partial charge in [0.05, 0.1) is 6.61 Å². The van der Waals surface area contributed by atoms with Crippen molar-refractivity contribution in [1.82, 2.24) is 15.0 Å². The van der Waals surface area contributed by atoms with Gasteiger partial charge in [0.1, 0.15) is 5.69 Å². The average molecular weight is 306 g/mol. The largest absolute Gasteiger partial charge is 0.461 e. The first-order valence-electron chi connectivity index (χ1n) is 7.05. The maximum atomic E-state index is 12.1. The number of aromatic nitrogens is 3. The smallest absolute Gasteiger partial charge is 0.361 e. The fraction of sp³-hybridized carbons (Fsp3) is 0.400. The monoisotopic (exact) mass is 305 g/mol. The summed E-state index contributed by atoms with van der Waals surface area (Å²) in [6.45, 7) is 2.87. The van der Waals surface area contributed by atoms with Crippen LogP contribution >= 0.6 is 11.6 Å². The molecule has 21 heavy (non-hydrogen) atoms. The van der Waals surface area contributed by atoms with Crippen LogP contribution < -0.4 is 0 Å². The molecule has 0 spiro atoms. The molecule has 0 atom stereocenters. The molecule has 1 aliphatic carbocycles. The van der Waals surface area contributed by atoms with Crippen molar-refractivity contribution in [2.45, 2.75) is 26.3 Å². The highest BCUT2D eigenvalue weighted by Crippen LogP contribution is 2.33. The third kappa shape index (κ3) is 3.08. The van der Waals surface area contributed by atoms with E-state index in [1.165, 1.54) is 12.8 Å². The van der Waals surface area contributed by atoms with E-state index in [0.29, 0.717) is 23.2 Å². The molecule has 0 saturated heterocycles. The van der Waals surface area contributed by atoms with Crippen LogP contribution in [0.2, 0.25) is 5.02 Å². The molecule has 1 fully saturated rings. The average Bonchev–Trinajstić information content (AvgIpc) is 3.18. The SMILES string of the molecule is CCOC(=O)c1nnn(CC2CC2)c1-c1ccc(Cl)cc1. The number of esters is 1. The van der Waals surface area contributed by atoms with Crippen LogP contribution in [-0.4, -0.2) is 27.6 Å². The molecular weight excluding hydrogens is 290 g/mol. The lowest BCUT2D eigenvalue weighted by Gasteiger charge is -2.07. The maximum Gasteiger partial charge on any atom is 0.361 e. The second kappa shape index (κ2) is 5.85. The quantitative estimate of drug-likeness (QED) is 0.796. The molecule has 0 aliphatic heterocycles. The number of halogens is 1. The minimum Gasteiger partial charge on any atom is -0.461 e. The van der Waals surface area contributed by atoms with E-state index in [0.717, 1.165) is 12.1 Å². The maximum absolute atomic E-state index is 12.1. The topological polar surface area (TPSA) is 57.0 Å². The number of carbonyl (C=O) groups is 1. The van der Waals surface area contributed by atoms with E-state index in [1.807, 2.05) is 12.1 Å². The molecule has 1 aromatic heterocycles. The van der Waals surface area contributed by atoms with Crippen molar-refractivity contribution in [3.63, 3.8) is 0 Å². The van der Waals surface area contributed by atoms with Crippen molar-refractivity contribution < 1.29 is 9.53 Å². The normalized spacial score (nSPS) is 14.2. The van der Waals surface area contributed by atoms with Crippen LogP contribution in [-0.2, 0) is 11.3 Å². The van der Waals surface area contributed by atoms with Gasteiger partial charge in [0.2, 0.25) is 0 Å². The van der Waals surface area contributed by atoms with Crippen LogP contribution in [0.3, 0.4) is 0 Å². The molecule has 0 unspecified atom stereocenters. The summed E-state index contributed by atoms with van der Waals surface area (Å²) in [5.74, 6) is 0.192. The van der Waals surface area contributed by atoms with Crippen LogP contribution in [0.25, 0.3) is 11.3 Å². The molecular formula is C15H16ClN3O2. The summed E-state index contributed by atoms with van der Waals surface area (Å²) in [5, 5.41) is 8.80. The molecule has 1 aliphatic rings. The predicted molar refractivity (Wildman–Crippen MR) is 79.1 cm³/mol. The molecule has 0 bridgehead atoms. The zero-order chi connectivity index (χ0) is 14.8. The highest BCUT2D eigenvalue weighted by atomic mass is 35.5. The molecule has 0 N–H and O–H groups in total. The number of carbonyl (C=O) groups excluding carboxylic acids is 1. The molecule has 1 aromatic carbocycles. The summed E-state index contributed by atoms with van der Waals surface area (Å²) in [6.07, 6.45) is 2.41. The van der Waals surface area contributed by atoms with Crippen LogP contribution in [0.5, 0.6) is 0 Å². The second-order valence-corrected chi connectivity index (χ2v) is 5.58. The van der Waals surface area contributed by atoms with Gasteiger partial charge in [-0.2, -0.15) is 0 Å². The first-order chi connectivity index (χ1) is 10.2. The van der Waals surface area contributed by atoms with Gasteiger partial charge in [-0.25, -0.2) is 9.48 Å². The van der Waals surface area contributed by atoms with E-state index in [-0.39, 0.29) is 5.69 Å². The molecule has 5 nitrogen and oxygen atoms in total. The molecule has 2 aromatic rings. The lowest BCUT2D eigenvalue weighted by molar-refractivity contribution is 0.0520. The molecule has 0 amide bonds. The first kappa shape index (κ1) is 14.1. The summed E-state index contributed by atoms with van der Waals surface area (Å²) < 4.78 is 6.87. The van der Waals surface area contributed by atoms with Gasteiger partial charge in [-0.05, 0) is 37.8 Å². The van der Waals surface area contributed by atoms with Crippen molar-refractivity contribution in [2.75, 3.05) is 6.61 Å². The van der Waals surface area contributed by atoms with E-state index < -0.39 is 5.97 Å². The summed E-state index contributed by atoms with van der Waals surface area (Å²) in [4.78, 5) is 12.1. The molecule has 1 heterocycles. The van der Waals surface area contributed by atoms with Gasteiger partial charge in [0.15, 0.2) is 5.69 Å². The van der Waals surface area contributed by atoms with Crippen molar-refractivity contribution in [2.24, 2.45) is 5.92 Å². The van der Waals surface area contributed by atoms with E-state index in [9.17, 15) is 4.79 Å². The van der Waals surface area contributed by atoms with Gasteiger partial charge < -0.3 is 4.74 Å². The molecule has 110 valence electrons. The Morgan fingerprint density at radius 3 is 2.71 bits per heavy atom. The third-order valence-electron chi connectivity index (χ3n) is 3.45. The predicted octanol–water partition coefficient (Wildman–Crippen LogP) is 3.19. The number of nitrogens with zero attached hydrogens (tertiary/aromatic N) is 3. The Morgan fingerprint density at radius 2 is 2.10 bits per heavy atom. The summed E-state index contributed by atoms with van der Waals surface area (Å²) in [7, 11) is 0. The molecule has 1 saturated carbocycles. The fourth-order valence-electron chi connectivity index (χ4n) is 2.22. The van der Waals surface area contributed by atoms with E-state index >= 15 is 0 Å². The van der Waals surface area contributed by atoms with Crippen LogP contribution in [0.4, 0.5) is 0 Å².